The summed E-state index contributed by atoms with van der Waals surface area (Å²) >= 11 is 0. The molecule has 0 radical (unpaired) electrons. The van der Waals surface area contributed by atoms with E-state index in [1.807, 2.05) is 0 Å². The van der Waals surface area contributed by atoms with Crippen LogP contribution in [0, 0.1) is 0 Å². The summed E-state index contributed by atoms with van der Waals surface area (Å²) < 4.78 is 63.1. The number of carbonyl (C=O) groups is 1. The van der Waals surface area contributed by atoms with Crippen LogP contribution in [0.4, 0.5) is 13.2 Å². The molecule has 0 spiro atoms. The lowest BCUT2D eigenvalue weighted by Gasteiger charge is -2.35. The fourth-order valence-corrected chi connectivity index (χ4v) is 3.04. The van der Waals surface area contributed by atoms with E-state index in [1.54, 1.807) is 0 Å². The summed E-state index contributed by atoms with van der Waals surface area (Å²) in [6.07, 6.45) is -2.39. The molecule has 1 aromatic heterocycles. The number of halogens is 4. The van der Waals surface area contributed by atoms with E-state index < -0.39 is 34.7 Å². The van der Waals surface area contributed by atoms with E-state index in [1.165, 1.54) is 9.58 Å². The molecule has 14 heteroatoms. The summed E-state index contributed by atoms with van der Waals surface area (Å²) in [6.45, 7) is 0.918. The van der Waals surface area contributed by atoms with Gasteiger partial charge in [0, 0.05) is 51.9 Å². The molecule has 1 fully saturated rings. The number of nitrogens with two attached hydrogens (primary N) is 1. The van der Waals surface area contributed by atoms with Gasteiger partial charge in [-0.15, -0.1) is 12.4 Å². The van der Waals surface area contributed by atoms with Gasteiger partial charge in [-0.05, 0) is 0 Å². The number of hydrogen-bond donors (Lipinski definition) is 3. The van der Waals surface area contributed by atoms with Crippen LogP contribution in [-0.2, 0) is 21.4 Å². The molecule has 27 heavy (non-hydrogen) atoms. The number of alkyl halides is 3. The van der Waals surface area contributed by atoms with Crippen LogP contribution in [0.5, 0.6) is 0 Å². The predicted molar refractivity (Wildman–Crippen MR) is 92.8 cm³/mol. The molecule has 0 saturated carbocycles. The Hall–Kier alpha value is -1.41. The third-order valence-electron chi connectivity index (χ3n) is 3.97. The number of hydrogen-bond acceptors (Lipinski definition) is 6. The minimum atomic E-state index is -4.45. The Balaban J connectivity index is 0.00000364. The number of aromatic nitrogens is 2. The Morgan fingerprint density at radius 1 is 1.37 bits per heavy atom. The first-order valence-corrected chi connectivity index (χ1v) is 9.45. The van der Waals surface area contributed by atoms with Crippen molar-refractivity contribution in [1.29, 1.82) is 0 Å². The molecule has 9 nitrogen and oxygen atoms in total. The molecule has 4 N–H and O–H groups in total. The average molecular weight is 435 g/mol. The molecule has 156 valence electrons. The van der Waals surface area contributed by atoms with Crippen LogP contribution >= 0.6 is 12.4 Å². The first-order chi connectivity index (χ1) is 12.1. The lowest BCUT2D eigenvalue weighted by molar-refractivity contribution is -0.184. The number of rotatable bonds is 7. The Morgan fingerprint density at radius 3 is 2.52 bits per heavy atom. The van der Waals surface area contributed by atoms with Crippen molar-refractivity contribution in [3.63, 3.8) is 0 Å². The molecule has 1 atom stereocenters. The van der Waals surface area contributed by atoms with Crippen LogP contribution in [0.25, 0.3) is 0 Å². The second-order valence-electron chi connectivity index (χ2n) is 5.88. The monoisotopic (exact) mass is 434 g/mol. The summed E-state index contributed by atoms with van der Waals surface area (Å²) in [5, 5.41) is 14.0. The van der Waals surface area contributed by atoms with E-state index in [2.05, 4.69) is 15.7 Å². The van der Waals surface area contributed by atoms with Crippen LogP contribution in [0.1, 0.15) is 6.42 Å². The number of sulfonamides is 1. The molecule has 0 aromatic carbocycles. The maximum atomic E-state index is 13.2. The predicted octanol–water partition coefficient (Wildman–Crippen LogP) is -0.705. The summed E-state index contributed by atoms with van der Waals surface area (Å²) in [6, 6.07) is -1.74. The zero-order valence-electron chi connectivity index (χ0n) is 14.3. The Morgan fingerprint density at radius 2 is 2.00 bits per heavy atom. The van der Waals surface area contributed by atoms with Gasteiger partial charge in [0.05, 0.1) is 6.20 Å². The molecule has 2 rings (SSSR count). The molecule has 1 amide bonds. The van der Waals surface area contributed by atoms with Crippen LogP contribution < -0.4 is 15.8 Å². The summed E-state index contributed by atoms with van der Waals surface area (Å²) in [7, 11) is -3.89. The van der Waals surface area contributed by atoms with Gasteiger partial charge in [-0.3, -0.25) is 14.4 Å². The first kappa shape index (κ1) is 23.6. The van der Waals surface area contributed by atoms with Crippen LogP contribution in [0.2, 0.25) is 0 Å². The van der Waals surface area contributed by atoms with Gasteiger partial charge in [-0.1, -0.05) is 0 Å². The quantitative estimate of drug-likeness (QED) is 0.521. The largest absolute Gasteiger partial charge is 0.405 e. The summed E-state index contributed by atoms with van der Waals surface area (Å²) in [4.78, 5) is 12.9. The summed E-state index contributed by atoms with van der Waals surface area (Å²) in [5.74, 6) is -0.581. The highest BCUT2D eigenvalue weighted by atomic mass is 35.5. The third kappa shape index (κ3) is 7.25. The van der Waals surface area contributed by atoms with Crippen LogP contribution in [-0.4, -0.2) is 73.9 Å². The Bertz CT molecular complexity index is 721. The Labute approximate surface area is 160 Å². The van der Waals surface area contributed by atoms with E-state index in [-0.39, 0.29) is 43.4 Å². The fraction of sp³-hybridized carbons (Fsp3) is 0.692. The lowest BCUT2D eigenvalue weighted by atomic mass is 10.2. The van der Waals surface area contributed by atoms with Gasteiger partial charge in [0.2, 0.25) is 15.9 Å². The van der Waals surface area contributed by atoms with Crippen molar-refractivity contribution in [1.82, 2.24) is 25.3 Å². The second-order valence-corrected chi connectivity index (χ2v) is 7.44. The topological polar surface area (TPSA) is 122 Å². The highest BCUT2D eigenvalue weighted by Gasteiger charge is 2.43. The molecule has 1 aromatic rings. The number of nitrogens with one attached hydrogen (secondary N) is 2. The molecule has 0 bridgehead atoms. The van der Waals surface area contributed by atoms with Gasteiger partial charge in [0.1, 0.15) is 10.9 Å². The van der Waals surface area contributed by atoms with E-state index in [0.29, 0.717) is 13.1 Å². The smallest absolute Gasteiger partial charge is 0.354 e. The van der Waals surface area contributed by atoms with Gasteiger partial charge in [0.15, 0.2) is 0 Å². The Kier molecular flexibility index (Phi) is 8.48. The molecular formula is C13H22ClF3N6O3S. The van der Waals surface area contributed by atoms with E-state index >= 15 is 0 Å². The van der Waals surface area contributed by atoms with Crippen molar-refractivity contribution in [2.24, 2.45) is 5.14 Å². The van der Waals surface area contributed by atoms with Gasteiger partial charge < -0.3 is 10.6 Å². The van der Waals surface area contributed by atoms with Crippen LogP contribution in [0.3, 0.4) is 0 Å². The van der Waals surface area contributed by atoms with Gasteiger partial charge in [-0.2, -0.15) is 18.3 Å². The number of piperazine rings is 1. The molecule has 1 saturated heterocycles. The normalized spacial score (nSPS) is 17.2. The van der Waals surface area contributed by atoms with Crippen molar-refractivity contribution in [2.45, 2.75) is 30.1 Å². The zero-order chi connectivity index (χ0) is 19.4. The average Bonchev–Trinajstić information content (AvgIpc) is 3.02. The molecule has 2 heterocycles. The van der Waals surface area contributed by atoms with Gasteiger partial charge >= 0.3 is 6.18 Å². The highest BCUT2D eigenvalue weighted by molar-refractivity contribution is 7.89. The molecule has 0 aliphatic carbocycles. The number of aryl methyl sites for hydroxylation is 1. The number of primary sulfonamides is 1. The molecule has 1 aliphatic heterocycles. The standard InChI is InChI=1S/C13H21F3N6O3S.ClH/c14-13(15,16)11(21-5-2-18-3-6-21)8-19-12(23)1-4-22-9-10(7-20-22)26(17,24)25;/h7,9,11,18H,1-6,8H2,(H,19,23)(H2,17,24,25);1H. The minimum Gasteiger partial charge on any atom is -0.354 e. The fourth-order valence-electron chi connectivity index (χ4n) is 2.57. The van der Waals surface area contributed by atoms with E-state index in [9.17, 15) is 26.4 Å². The lowest BCUT2D eigenvalue weighted by Crippen LogP contribution is -2.57. The van der Waals surface area contributed by atoms with Crippen LogP contribution in [0.15, 0.2) is 17.3 Å². The highest BCUT2D eigenvalue weighted by Crippen LogP contribution is 2.24. The van der Waals surface area contributed by atoms with Crippen molar-refractivity contribution in [3.05, 3.63) is 12.4 Å². The molecular weight excluding hydrogens is 413 g/mol. The van der Waals surface area contributed by atoms with Gasteiger partial charge in [-0.25, -0.2) is 13.6 Å². The van der Waals surface area contributed by atoms with E-state index in [0.717, 1.165) is 12.4 Å². The second kappa shape index (κ2) is 9.68. The molecule has 1 unspecified atom stereocenters. The summed E-state index contributed by atoms with van der Waals surface area (Å²) in [5.41, 5.74) is 0. The van der Waals surface area contributed by atoms with Crippen molar-refractivity contribution in [2.75, 3.05) is 32.7 Å². The van der Waals surface area contributed by atoms with Gasteiger partial charge in [0.25, 0.3) is 0 Å². The minimum absolute atomic E-state index is 0. The maximum absolute atomic E-state index is 13.2. The zero-order valence-corrected chi connectivity index (χ0v) is 15.9. The third-order valence-corrected chi connectivity index (χ3v) is 4.84. The van der Waals surface area contributed by atoms with Crippen molar-refractivity contribution >= 4 is 28.3 Å². The SMILES string of the molecule is Cl.NS(=O)(=O)c1cnn(CCC(=O)NCC(N2CCNCC2)C(F)(F)F)c1. The maximum Gasteiger partial charge on any atom is 0.405 e. The number of carbonyl (C=O) groups excluding carboxylic acids is 1. The van der Waals surface area contributed by atoms with E-state index in [4.69, 9.17) is 5.14 Å². The molecule has 1 aliphatic rings. The number of nitrogens with zero attached hydrogens (tertiary/aromatic N) is 3. The number of amides is 1. The van der Waals surface area contributed by atoms with Crippen molar-refractivity contribution < 1.29 is 26.4 Å². The first-order valence-electron chi connectivity index (χ1n) is 7.91. The van der Waals surface area contributed by atoms with Crippen molar-refractivity contribution in [3.8, 4) is 0 Å².